The lowest BCUT2D eigenvalue weighted by Gasteiger charge is -2.08. The highest BCUT2D eigenvalue weighted by Gasteiger charge is 2.06. The molecule has 100 valence electrons. The number of nitrogens with two attached hydrogens (primary N) is 1. The zero-order chi connectivity index (χ0) is 13.4. The molecule has 0 aliphatic heterocycles. The van der Waals surface area contributed by atoms with Crippen molar-refractivity contribution in [3.8, 4) is 0 Å². The van der Waals surface area contributed by atoms with Gasteiger partial charge in [-0.1, -0.05) is 12.1 Å². The summed E-state index contributed by atoms with van der Waals surface area (Å²) >= 11 is 1.43. The van der Waals surface area contributed by atoms with Crippen LogP contribution in [0.15, 0.2) is 24.3 Å². The van der Waals surface area contributed by atoms with E-state index in [1.807, 2.05) is 0 Å². The van der Waals surface area contributed by atoms with E-state index in [0.29, 0.717) is 29.3 Å². The Morgan fingerprint density at radius 2 is 2.17 bits per heavy atom. The third-order valence-corrected chi connectivity index (χ3v) is 3.34. The van der Waals surface area contributed by atoms with Crippen molar-refractivity contribution in [1.29, 1.82) is 0 Å². The normalized spacial score (nSPS) is 12.1. The lowest BCUT2D eigenvalue weighted by molar-refractivity contribution is -0.115. The molecule has 5 nitrogen and oxygen atoms in total. The topological polar surface area (TPSA) is 95.6 Å². The fourth-order valence-corrected chi connectivity index (χ4v) is 2.13. The molecule has 6 heteroatoms. The number of carbonyl (C=O) groups is 1. The van der Waals surface area contributed by atoms with Gasteiger partial charge in [0.05, 0.1) is 24.1 Å². The molecule has 1 amide bonds. The molecule has 0 radical (unpaired) electrons. The number of thioether (sulfide) groups is 1. The average Bonchev–Trinajstić information content (AvgIpc) is 2.37. The Hall–Kier alpha value is -1.24. The monoisotopic (exact) mass is 270 g/mol. The van der Waals surface area contributed by atoms with Gasteiger partial charge in [0.1, 0.15) is 0 Å². The summed E-state index contributed by atoms with van der Waals surface area (Å²) in [5, 5.41) is 20.4. The van der Waals surface area contributed by atoms with Crippen LogP contribution in [-0.4, -0.2) is 40.3 Å². The fourth-order valence-electron chi connectivity index (χ4n) is 1.26. The van der Waals surface area contributed by atoms with Gasteiger partial charge in [0.2, 0.25) is 5.91 Å². The third kappa shape index (κ3) is 5.39. The van der Waals surface area contributed by atoms with Crippen molar-refractivity contribution in [3.63, 3.8) is 0 Å². The lowest BCUT2D eigenvalue weighted by Crippen LogP contribution is -2.17. The molecule has 0 aliphatic rings. The zero-order valence-corrected chi connectivity index (χ0v) is 10.8. The molecule has 0 heterocycles. The third-order valence-electron chi connectivity index (χ3n) is 2.23. The molecular formula is C12H18N2O3S. The number of nitrogen functional groups attached to an aromatic ring is 1. The molecule has 0 aromatic heterocycles. The predicted octanol–water partition coefficient (Wildman–Crippen LogP) is 0.684. The van der Waals surface area contributed by atoms with Crippen molar-refractivity contribution in [2.75, 3.05) is 29.2 Å². The molecule has 1 unspecified atom stereocenters. The van der Waals surface area contributed by atoms with Crippen molar-refractivity contribution < 1.29 is 15.0 Å². The van der Waals surface area contributed by atoms with E-state index in [1.165, 1.54) is 11.8 Å². The van der Waals surface area contributed by atoms with Gasteiger partial charge in [0.25, 0.3) is 0 Å². The molecule has 0 spiro atoms. The van der Waals surface area contributed by atoms with Crippen LogP contribution in [0.2, 0.25) is 0 Å². The maximum Gasteiger partial charge on any atom is 0.225 e. The van der Waals surface area contributed by atoms with Gasteiger partial charge in [-0.2, -0.15) is 11.8 Å². The molecule has 0 aliphatic carbocycles. The van der Waals surface area contributed by atoms with Crippen LogP contribution in [0.5, 0.6) is 0 Å². The number of aliphatic hydroxyl groups is 2. The van der Waals surface area contributed by atoms with E-state index in [1.54, 1.807) is 24.3 Å². The minimum atomic E-state index is -0.720. The largest absolute Gasteiger partial charge is 0.397 e. The van der Waals surface area contributed by atoms with E-state index in [4.69, 9.17) is 15.9 Å². The standard InChI is InChI=1S/C12H18N2O3S/c13-10-3-1-2-4-11(10)14-12(17)5-6-18-8-9(16)7-15/h1-4,9,15-16H,5-8,13H2,(H,14,17). The molecule has 0 fully saturated rings. The maximum atomic E-state index is 11.6. The van der Waals surface area contributed by atoms with E-state index in [0.717, 1.165) is 0 Å². The van der Waals surface area contributed by atoms with Gasteiger partial charge >= 0.3 is 0 Å². The van der Waals surface area contributed by atoms with Gasteiger partial charge in [-0.05, 0) is 12.1 Å². The first-order valence-electron chi connectivity index (χ1n) is 5.64. The minimum Gasteiger partial charge on any atom is -0.397 e. The summed E-state index contributed by atoms with van der Waals surface area (Å²) < 4.78 is 0. The number of benzene rings is 1. The summed E-state index contributed by atoms with van der Waals surface area (Å²) in [6.07, 6.45) is -0.375. The average molecular weight is 270 g/mol. The van der Waals surface area contributed by atoms with Crippen LogP contribution in [0.3, 0.4) is 0 Å². The fraction of sp³-hybridized carbons (Fsp3) is 0.417. The SMILES string of the molecule is Nc1ccccc1NC(=O)CCSCC(O)CO. The predicted molar refractivity (Wildman–Crippen MR) is 74.5 cm³/mol. The molecule has 1 rings (SSSR count). The van der Waals surface area contributed by atoms with Crippen LogP contribution >= 0.6 is 11.8 Å². The summed E-state index contributed by atoms with van der Waals surface area (Å²) in [6.45, 7) is -0.250. The highest BCUT2D eigenvalue weighted by molar-refractivity contribution is 7.99. The number of nitrogens with one attached hydrogen (secondary N) is 1. The Balaban J connectivity index is 2.24. The van der Waals surface area contributed by atoms with Gasteiger partial charge in [0, 0.05) is 17.9 Å². The lowest BCUT2D eigenvalue weighted by atomic mass is 10.2. The van der Waals surface area contributed by atoms with Gasteiger partial charge in [-0.15, -0.1) is 0 Å². The number of para-hydroxylation sites is 2. The number of amides is 1. The van der Waals surface area contributed by atoms with E-state index in [2.05, 4.69) is 5.32 Å². The Morgan fingerprint density at radius 1 is 1.44 bits per heavy atom. The number of hydrogen-bond acceptors (Lipinski definition) is 5. The van der Waals surface area contributed by atoms with Crippen LogP contribution in [-0.2, 0) is 4.79 Å². The second kappa shape index (κ2) is 7.97. The molecular weight excluding hydrogens is 252 g/mol. The first-order valence-corrected chi connectivity index (χ1v) is 6.80. The van der Waals surface area contributed by atoms with Gasteiger partial charge < -0.3 is 21.3 Å². The number of aliphatic hydroxyl groups excluding tert-OH is 2. The molecule has 1 atom stereocenters. The first kappa shape index (κ1) is 14.8. The number of rotatable bonds is 7. The molecule has 0 bridgehead atoms. The van der Waals surface area contributed by atoms with Gasteiger partial charge in [-0.25, -0.2) is 0 Å². The van der Waals surface area contributed by atoms with Crippen molar-refractivity contribution in [1.82, 2.24) is 0 Å². The highest BCUT2D eigenvalue weighted by Crippen LogP contribution is 2.17. The Bertz CT molecular complexity index is 387. The summed E-state index contributed by atoms with van der Waals surface area (Å²) in [5.41, 5.74) is 6.85. The number of anilines is 2. The zero-order valence-electron chi connectivity index (χ0n) is 10.0. The van der Waals surface area contributed by atoms with Crippen LogP contribution in [0, 0.1) is 0 Å². The van der Waals surface area contributed by atoms with E-state index >= 15 is 0 Å². The summed E-state index contributed by atoms with van der Waals surface area (Å²) in [4.78, 5) is 11.6. The molecule has 5 N–H and O–H groups in total. The van der Waals surface area contributed by atoms with Crippen LogP contribution < -0.4 is 11.1 Å². The van der Waals surface area contributed by atoms with Crippen molar-refractivity contribution in [3.05, 3.63) is 24.3 Å². The van der Waals surface area contributed by atoms with E-state index < -0.39 is 6.10 Å². The van der Waals surface area contributed by atoms with Crippen LogP contribution in [0.25, 0.3) is 0 Å². The minimum absolute atomic E-state index is 0.112. The van der Waals surface area contributed by atoms with Gasteiger partial charge in [-0.3, -0.25) is 4.79 Å². The molecule has 18 heavy (non-hydrogen) atoms. The molecule has 1 aromatic rings. The smallest absolute Gasteiger partial charge is 0.225 e. The molecule has 1 aromatic carbocycles. The van der Waals surface area contributed by atoms with E-state index in [9.17, 15) is 4.79 Å². The Labute approximate surface area is 110 Å². The van der Waals surface area contributed by atoms with Crippen molar-refractivity contribution in [2.24, 2.45) is 0 Å². The van der Waals surface area contributed by atoms with Crippen LogP contribution in [0.1, 0.15) is 6.42 Å². The Morgan fingerprint density at radius 3 is 2.83 bits per heavy atom. The first-order chi connectivity index (χ1) is 8.63. The quantitative estimate of drug-likeness (QED) is 0.432. The van der Waals surface area contributed by atoms with Crippen LogP contribution in [0.4, 0.5) is 11.4 Å². The summed E-state index contributed by atoms with van der Waals surface area (Å²) in [7, 11) is 0. The maximum absolute atomic E-state index is 11.6. The van der Waals surface area contributed by atoms with Crippen molar-refractivity contribution in [2.45, 2.75) is 12.5 Å². The summed E-state index contributed by atoms with van der Waals surface area (Å²) in [5.74, 6) is 0.909. The number of carbonyl (C=O) groups excluding carboxylic acids is 1. The Kier molecular flexibility index (Phi) is 6.56. The number of hydrogen-bond donors (Lipinski definition) is 4. The van der Waals surface area contributed by atoms with Crippen molar-refractivity contribution >= 4 is 29.0 Å². The summed E-state index contributed by atoms with van der Waals surface area (Å²) in [6, 6.07) is 7.08. The van der Waals surface area contributed by atoms with E-state index in [-0.39, 0.29) is 12.5 Å². The second-order valence-corrected chi connectivity index (χ2v) is 4.95. The molecule has 0 saturated heterocycles. The van der Waals surface area contributed by atoms with Gasteiger partial charge in [0.15, 0.2) is 0 Å². The highest BCUT2D eigenvalue weighted by atomic mass is 32.2. The second-order valence-electron chi connectivity index (χ2n) is 3.80. The molecule has 0 saturated carbocycles.